The quantitative estimate of drug-likeness (QED) is 0.483. The largest absolute Gasteiger partial charge is 0.389 e. The minimum atomic E-state index is -0.489. The van der Waals surface area contributed by atoms with Crippen LogP contribution in [0.5, 0.6) is 0 Å². The van der Waals surface area contributed by atoms with Gasteiger partial charge < -0.3 is 20.5 Å². The van der Waals surface area contributed by atoms with Crippen molar-refractivity contribution in [1.82, 2.24) is 10.6 Å². The maximum Gasteiger partial charge on any atom is 0.221 e. The number of hydrogen-bond acceptors (Lipinski definition) is 4. The fraction of sp³-hybridized carbons (Fsp3) is 0.929. The first-order valence-electron chi connectivity index (χ1n) is 7.37. The van der Waals surface area contributed by atoms with E-state index in [1.54, 1.807) is 0 Å². The maximum atomic E-state index is 11.5. The Labute approximate surface area is 116 Å². The molecule has 0 aromatic carbocycles. The Kier molecular flexibility index (Phi) is 8.02. The van der Waals surface area contributed by atoms with Gasteiger partial charge in [-0.3, -0.25) is 4.79 Å². The Bertz CT molecular complexity index is 257. The summed E-state index contributed by atoms with van der Waals surface area (Å²) in [5.41, 5.74) is 0. The maximum absolute atomic E-state index is 11.5. The molecule has 1 amide bonds. The number of carbonyl (C=O) groups excluding carboxylic acids is 1. The van der Waals surface area contributed by atoms with Gasteiger partial charge in [0, 0.05) is 32.2 Å². The van der Waals surface area contributed by atoms with Crippen molar-refractivity contribution in [2.45, 2.75) is 51.7 Å². The van der Waals surface area contributed by atoms with Crippen molar-refractivity contribution in [3.05, 3.63) is 0 Å². The fourth-order valence-electron chi connectivity index (χ4n) is 1.63. The minimum Gasteiger partial charge on any atom is -0.389 e. The summed E-state index contributed by atoms with van der Waals surface area (Å²) in [4.78, 5) is 11.5. The molecule has 0 saturated heterocycles. The lowest BCUT2D eigenvalue weighted by atomic mass is 10.2. The molecular weight excluding hydrogens is 244 g/mol. The summed E-state index contributed by atoms with van der Waals surface area (Å²) in [6.45, 7) is 6.24. The highest BCUT2D eigenvalue weighted by Crippen LogP contribution is 2.28. The van der Waals surface area contributed by atoms with Gasteiger partial charge >= 0.3 is 0 Å². The lowest BCUT2D eigenvalue weighted by molar-refractivity contribution is -0.121. The Morgan fingerprint density at radius 3 is 2.84 bits per heavy atom. The van der Waals surface area contributed by atoms with Crippen LogP contribution < -0.4 is 10.6 Å². The molecule has 1 fully saturated rings. The van der Waals surface area contributed by atoms with Crippen LogP contribution in [0.2, 0.25) is 0 Å². The molecule has 112 valence electrons. The van der Waals surface area contributed by atoms with Gasteiger partial charge in [0.1, 0.15) is 0 Å². The third-order valence-corrected chi connectivity index (χ3v) is 3.29. The summed E-state index contributed by atoms with van der Waals surface area (Å²) in [6.07, 6.45) is 3.42. The van der Waals surface area contributed by atoms with E-state index in [1.807, 2.05) is 13.8 Å². The molecule has 0 aromatic heterocycles. The zero-order chi connectivity index (χ0) is 14.1. The second kappa shape index (κ2) is 9.28. The summed E-state index contributed by atoms with van der Waals surface area (Å²) in [5.74, 6) is 0.783. The van der Waals surface area contributed by atoms with E-state index in [2.05, 4.69) is 10.6 Å². The van der Waals surface area contributed by atoms with Crippen LogP contribution in [0.4, 0.5) is 0 Å². The van der Waals surface area contributed by atoms with Gasteiger partial charge in [-0.25, -0.2) is 0 Å². The molecule has 1 aliphatic carbocycles. The molecule has 0 radical (unpaired) electrons. The van der Waals surface area contributed by atoms with Crippen molar-refractivity contribution in [2.75, 3.05) is 26.3 Å². The predicted molar refractivity (Wildman–Crippen MR) is 74.9 cm³/mol. The molecule has 1 rings (SSSR count). The zero-order valence-electron chi connectivity index (χ0n) is 12.2. The van der Waals surface area contributed by atoms with Crippen LogP contribution in [-0.4, -0.2) is 49.5 Å². The number of nitrogens with one attached hydrogen (secondary N) is 2. The molecule has 0 aliphatic heterocycles. The van der Waals surface area contributed by atoms with Gasteiger partial charge in [0.05, 0.1) is 12.7 Å². The second-order valence-corrected chi connectivity index (χ2v) is 5.47. The van der Waals surface area contributed by atoms with E-state index in [0.29, 0.717) is 26.1 Å². The molecule has 1 aliphatic rings. The summed E-state index contributed by atoms with van der Waals surface area (Å²) < 4.78 is 5.40. The van der Waals surface area contributed by atoms with E-state index in [4.69, 9.17) is 4.74 Å². The van der Waals surface area contributed by atoms with Crippen LogP contribution in [0.1, 0.15) is 39.5 Å². The first-order chi connectivity index (χ1) is 9.11. The van der Waals surface area contributed by atoms with Gasteiger partial charge in [0.25, 0.3) is 0 Å². The van der Waals surface area contributed by atoms with Gasteiger partial charge in [-0.15, -0.1) is 0 Å². The Morgan fingerprint density at radius 1 is 1.47 bits per heavy atom. The second-order valence-electron chi connectivity index (χ2n) is 5.47. The van der Waals surface area contributed by atoms with Crippen LogP contribution in [0.25, 0.3) is 0 Å². The Hall–Kier alpha value is -0.650. The Balaban J connectivity index is 1.89. The van der Waals surface area contributed by atoms with Crippen LogP contribution in [0.15, 0.2) is 0 Å². The van der Waals surface area contributed by atoms with E-state index in [9.17, 15) is 9.90 Å². The molecule has 0 aromatic rings. The number of carbonyl (C=O) groups is 1. The highest BCUT2D eigenvalue weighted by molar-refractivity contribution is 5.76. The molecule has 0 heterocycles. The number of rotatable bonds is 11. The number of amides is 1. The summed E-state index contributed by atoms with van der Waals surface area (Å²) in [7, 11) is 0. The lowest BCUT2D eigenvalue weighted by Gasteiger charge is -2.13. The summed E-state index contributed by atoms with van der Waals surface area (Å²) >= 11 is 0. The fourth-order valence-corrected chi connectivity index (χ4v) is 1.63. The standard InChI is InChI=1S/C14H28N2O3/c1-3-11(2)16-14(18)6-7-15-8-13(17)10-19-9-12-4-5-12/h11-13,15,17H,3-10H2,1-2H3,(H,16,18). The van der Waals surface area contributed by atoms with Gasteiger partial charge in [-0.05, 0) is 32.1 Å². The molecule has 3 N–H and O–H groups in total. The van der Waals surface area contributed by atoms with Gasteiger partial charge in [-0.2, -0.15) is 0 Å². The first kappa shape index (κ1) is 16.4. The molecule has 5 nitrogen and oxygen atoms in total. The average molecular weight is 272 g/mol. The molecule has 5 heteroatoms. The van der Waals surface area contributed by atoms with Crippen molar-refractivity contribution in [3.63, 3.8) is 0 Å². The van der Waals surface area contributed by atoms with E-state index in [-0.39, 0.29) is 11.9 Å². The molecule has 1 saturated carbocycles. The molecule has 2 atom stereocenters. The topological polar surface area (TPSA) is 70.6 Å². The van der Waals surface area contributed by atoms with E-state index in [1.165, 1.54) is 12.8 Å². The molecule has 19 heavy (non-hydrogen) atoms. The summed E-state index contributed by atoms with van der Waals surface area (Å²) in [6, 6.07) is 0.230. The van der Waals surface area contributed by atoms with Crippen LogP contribution >= 0.6 is 0 Å². The molecule has 0 spiro atoms. The average Bonchev–Trinajstić information content (AvgIpc) is 3.18. The molecular formula is C14H28N2O3. The highest BCUT2D eigenvalue weighted by atomic mass is 16.5. The van der Waals surface area contributed by atoms with Crippen LogP contribution in [-0.2, 0) is 9.53 Å². The number of hydrogen-bond donors (Lipinski definition) is 3. The zero-order valence-corrected chi connectivity index (χ0v) is 12.2. The van der Waals surface area contributed by atoms with Crippen molar-refractivity contribution in [1.29, 1.82) is 0 Å². The van der Waals surface area contributed by atoms with Crippen molar-refractivity contribution >= 4 is 5.91 Å². The predicted octanol–water partition coefficient (Wildman–Crippen LogP) is 0.668. The number of ether oxygens (including phenoxy) is 1. The molecule has 0 bridgehead atoms. The monoisotopic (exact) mass is 272 g/mol. The third-order valence-electron chi connectivity index (χ3n) is 3.29. The first-order valence-corrected chi connectivity index (χ1v) is 7.37. The smallest absolute Gasteiger partial charge is 0.221 e. The van der Waals surface area contributed by atoms with Crippen molar-refractivity contribution in [3.8, 4) is 0 Å². The van der Waals surface area contributed by atoms with Crippen LogP contribution in [0, 0.1) is 5.92 Å². The third kappa shape index (κ3) is 8.97. The van der Waals surface area contributed by atoms with Gasteiger partial charge in [-0.1, -0.05) is 6.92 Å². The van der Waals surface area contributed by atoms with E-state index < -0.39 is 6.10 Å². The van der Waals surface area contributed by atoms with E-state index in [0.717, 1.165) is 18.9 Å². The SMILES string of the molecule is CCC(C)NC(=O)CCNCC(O)COCC1CC1. The number of aliphatic hydroxyl groups excluding tert-OH is 1. The normalized spacial score (nSPS) is 18.1. The molecule has 2 unspecified atom stereocenters. The number of aliphatic hydroxyl groups is 1. The van der Waals surface area contributed by atoms with Crippen LogP contribution in [0.3, 0.4) is 0 Å². The lowest BCUT2D eigenvalue weighted by Crippen LogP contribution is -2.36. The minimum absolute atomic E-state index is 0.0568. The highest BCUT2D eigenvalue weighted by Gasteiger charge is 2.21. The van der Waals surface area contributed by atoms with Gasteiger partial charge in [0.2, 0.25) is 5.91 Å². The van der Waals surface area contributed by atoms with Crippen molar-refractivity contribution in [2.24, 2.45) is 5.92 Å². The Morgan fingerprint density at radius 2 is 2.21 bits per heavy atom. The van der Waals surface area contributed by atoms with Gasteiger partial charge in [0.15, 0.2) is 0 Å². The van der Waals surface area contributed by atoms with E-state index >= 15 is 0 Å². The van der Waals surface area contributed by atoms with Crippen molar-refractivity contribution < 1.29 is 14.6 Å². The summed E-state index contributed by atoms with van der Waals surface area (Å²) in [5, 5.41) is 15.6.